The first kappa shape index (κ1) is 109. The number of fused-ring (bicyclic) bond motifs is 5. The van der Waals surface area contributed by atoms with Gasteiger partial charge in [0.1, 0.15) is 0 Å². The number of hydrogen-bond donors (Lipinski definition) is 0. The molecule has 0 N–H and O–H groups in total. The minimum atomic E-state index is -0.293. The van der Waals surface area contributed by atoms with Crippen molar-refractivity contribution in [3.8, 4) is 55.6 Å². The largest absolute Gasteiger partial charge is 0.249 e. The van der Waals surface area contributed by atoms with E-state index in [4.69, 9.17) is 19.9 Å². The minimum absolute atomic E-state index is 0.293. The van der Waals surface area contributed by atoms with Crippen LogP contribution in [0.2, 0.25) is 0 Å². The summed E-state index contributed by atoms with van der Waals surface area (Å²) in [4.78, 5) is 19.1. The topological polar surface area (TPSA) is 51.6 Å². The highest BCUT2D eigenvalue weighted by molar-refractivity contribution is 5.86. The van der Waals surface area contributed by atoms with Gasteiger partial charge in [0.05, 0.1) is 50.3 Å². The molecule has 0 aliphatic heterocycles. The van der Waals surface area contributed by atoms with Crippen molar-refractivity contribution in [3.05, 3.63) is 440 Å². The maximum Gasteiger partial charge on any atom is 0.0890 e. The third kappa shape index (κ3) is 30.4. The average Bonchev–Trinajstić information content (AvgIpc) is 1.54. The van der Waals surface area contributed by atoms with Gasteiger partial charge in [-0.25, -0.2) is 19.9 Å². The van der Waals surface area contributed by atoms with E-state index < -0.39 is 0 Å². The lowest BCUT2D eigenvalue weighted by Gasteiger charge is -2.34. The van der Waals surface area contributed by atoms with Crippen LogP contribution in [0.15, 0.2) is 340 Å². The molecule has 0 unspecified atom stereocenters. The van der Waals surface area contributed by atoms with Gasteiger partial charge in [0.25, 0.3) is 0 Å². The second-order valence-corrected chi connectivity index (χ2v) is 44.2. The Labute approximate surface area is 852 Å². The van der Waals surface area contributed by atoms with E-state index in [1.165, 1.54) is 145 Å². The fourth-order valence-electron chi connectivity index (χ4n) is 19.1. The van der Waals surface area contributed by atoms with Crippen molar-refractivity contribution in [2.24, 2.45) is 35.5 Å². The van der Waals surface area contributed by atoms with Gasteiger partial charge in [-0.05, 0) is 279 Å². The number of hydrogen-bond acceptors (Lipinski definition) is 4. The molecule has 2 heterocycles. The Bertz CT molecular complexity index is 6220. The first-order valence-corrected chi connectivity index (χ1v) is 53.1. The number of nitrogens with zero attached hydrogens (tertiary/aromatic N) is 4. The second-order valence-electron chi connectivity index (χ2n) is 44.2. The van der Waals surface area contributed by atoms with Gasteiger partial charge >= 0.3 is 0 Å². The lowest BCUT2D eigenvalue weighted by atomic mass is 9.67. The van der Waals surface area contributed by atoms with Crippen molar-refractivity contribution in [2.45, 2.75) is 285 Å². The lowest BCUT2D eigenvalue weighted by Crippen LogP contribution is -2.28. The van der Waals surface area contributed by atoms with Gasteiger partial charge in [0.2, 0.25) is 0 Å². The predicted molar refractivity (Wildman–Crippen MR) is 614 cm³/mol. The molecule has 17 rings (SSSR count). The molecule has 0 atom stereocenters. The maximum absolute atomic E-state index is 4.81. The summed E-state index contributed by atoms with van der Waals surface area (Å²) in [5.74, 6) is 8.31. The van der Waals surface area contributed by atoms with Crippen LogP contribution in [0.25, 0.3) is 77.7 Å². The molecule has 0 saturated carbocycles. The van der Waals surface area contributed by atoms with Gasteiger partial charge < -0.3 is 0 Å². The van der Waals surface area contributed by atoms with Gasteiger partial charge in [-0.1, -0.05) is 509 Å². The fourth-order valence-corrected chi connectivity index (χ4v) is 19.1. The number of para-hydroxylation sites is 4. The molecule has 0 radical (unpaired) electrons. The Hall–Kier alpha value is -12.2. The molecule has 0 bridgehead atoms. The molecular formula is C137H166N4. The lowest BCUT2D eigenvalue weighted by molar-refractivity contribution is 0.597. The van der Waals surface area contributed by atoms with Gasteiger partial charge in [0, 0.05) is 0 Å². The third-order valence-electron chi connectivity index (χ3n) is 26.6. The molecule has 141 heavy (non-hydrogen) atoms. The Morgan fingerprint density at radius 1 is 0.191 bits per heavy atom. The SMILES string of the molecule is CC(C)Cc1ccc(-c2ccc(CC(C)C)cc2)cc1.CC(C)Cc1cccc(-c2ccccc2CC(C)C)c1.CC(C)Cc1nc2ccccc2nc1CC(C)C.CC(C)c1ccc(-c2ccc(C(C)C)cc2)cc1.CC(C)c1ccc(C2(c3ccc(C(C)C)cc3)c3ccccc3-c3ccccc32)cc1.CC(C)c1cccc(-c2ccccc2C(C)C)c1.CC(C)c1nc2ccccc2nc1C(C)C. The van der Waals surface area contributed by atoms with E-state index in [0.717, 1.165) is 83.8 Å². The highest BCUT2D eigenvalue weighted by atomic mass is 14.8. The molecule has 1 aliphatic carbocycles. The highest BCUT2D eigenvalue weighted by Crippen LogP contribution is 2.56. The highest BCUT2D eigenvalue weighted by Gasteiger charge is 2.46. The molecule has 4 nitrogen and oxygen atoms in total. The Kier molecular flexibility index (Phi) is 40.6. The summed E-state index contributed by atoms with van der Waals surface area (Å²) < 4.78 is 0. The smallest absolute Gasteiger partial charge is 0.0890 e. The standard InChI is InChI=1S/C31H30.2C20H26.2C18H22.C16H22N2.C14H18N2/c1-21(2)23-13-17-25(18-14-23)31(26-19-15-24(16-20-26)22(3)4)29-11-7-5-9-27(29)28-10-6-8-12-30(28)31;1-15(2)13-17-5-9-19(10-6-17)20-11-7-18(8-12-20)14-16(3)4;1-15(2)12-17-8-7-10-19(14-17)20-11-6-5-9-18(20)13-16(3)4;1-13(2)15-5-9-17(10-6-15)18-11-7-16(8-12-18)14(3)4;1-13(2)15-8-7-9-16(12-15)18-11-6-5-10-17(18)14(3)4;1-11(2)9-15-16(10-12(3)4)18-14-8-6-5-7-13(14)17-15;1-9(2)13-14(10(3)4)16-12-8-6-5-7-11(12)15-13/h5-22H,1-4H3;5-12,15-16H,13-14H2,1-4H3;5-11,14-16H,12-13H2,1-4H3;2*5-14H,1-4H3;5-8,11-12H,9-10H2,1-4H3;5-10H,1-4H3. The fraction of sp³-hybridized carbons (Fsp3) is 0.358. The number of benzene rings is 14. The molecule has 4 heteroatoms. The van der Waals surface area contributed by atoms with Gasteiger partial charge in [-0.2, -0.15) is 0 Å². The first-order chi connectivity index (χ1) is 67.4. The van der Waals surface area contributed by atoms with Crippen LogP contribution in [0, 0.1) is 35.5 Å². The van der Waals surface area contributed by atoms with Crippen molar-refractivity contribution >= 4 is 22.1 Å². The molecule has 0 fully saturated rings. The zero-order chi connectivity index (χ0) is 102. The quantitative estimate of drug-likeness (QED) is 0.0542. The van der Waals surface area contributed by atoms with Crippen LogP contribution in [0.3, 0.4) is 0 Å². The van der Waals surface area contributed by atoms with Crippen LogP contribution >= 0.6 is 0 Å². The summed E-state index contributed by atoms with van der Waals surface area (Å²) in [5, 5.41) is 0. The minimum Gasteiger partial charge on any atom is -0.249 e. The monoisotopic (exact) mass is 1870 g/mol. The summed E-state index contributed by atoms with van der Waals surface area (Å²) in [6.45, 7) is 62.7. The number of rotatable bonds is 26. The molecule has 734 valence electrons. The zero-order valence-corrected chi connectivity index (χ0v) is 90.9. The van der Waals surface area contributed by atoms with Crippen LogP contribution in [0.5, 0.6) is 0 Å². The van der Waals surface area contributed by atoms with Crippen molar-refractivity contribution in [1.82, 2.24) is 19.9 Å². The van der Waals surface area contributed by atoms with Gasteiger partial charge in [-0.3, -0.25) is 0 Å². The van der Waals surface area contributed by atoms with E-state index in [2.05, 4.69) is 485 Å². The Morgan fingerprint density at radius 2 is 0.489 bits per heavy atom. The summed E-state index contributed by atoms with van der Waals surface area (Å²) in [6, 6.07) is 124. The zero-order valence-electron chi connectivity index (χ0n) is 90.9. The summed E-state index contributed by atoms with van der Waals surface area (Å²) in [6.07, 6.45) is 6.64. The van der Waals surface area contributed by atoms with Crippen LogP contribution in [0.4, 0.5) is 0 Å². The van der Waals surface area contributed by atoms with Crippen molar-refractivity contribution < 1.29 is 0 Å². The Balaban J connectivity index is 0.000000159. The maximum atomic E-state index is 4.81. The average molecular weight is 1870 g/mol. The summed E-state index contributed by atoms with van der Waals surface area (Å²) >= 11 is 0. The van der Waals surface area contributed by atoms with E-state index >= 15 is 0 Å². The summed E-state index contributed by atoms with van der Waals surface area (Å²) in [5.41, 5.74) is 41.3. The van der Waals surface area contributed by atoms with Gasteiger partial charge in [-0.15, -0.1) is 0 Å². The molecule has 1 aliphatic rings. The normalized spacial score (nSPS) is 12.0. The van der Waals surface area contributed by atoms with Crippen LogP contribution in [-0.2, 0) is 43.9 Å². The Morgan fingerprint density at radius 3 is 0.844 bits per heavy atom. The molecule has 0 amide bonds. The molecule has 14 aromatic carbocycles. The number of aromatic nitrogens is 4. The van der Waals surface area contributed by atoms with E-state index in [9.17, 15) is 0 Å². The second kappa shape index (κ2) is 52.5. The van der Waals surface area contributed by atoms with E-state index in [0.29, 0.717) is 71.0 Å². The predicted octanol–water partition coefficient (Wildman–Crippen LogP) is 38.9. The van der Waals surface area contributed by atoms with Crippen molar-refractivity contribution in [3.63, 3.8) is 0 Å². The molecule has 0 spiro atoms. The molecule has 2 aromatic heterocycles. The summed E-state index contributed by atoms with van der Waals surface area (Å²) in [7, 11) is 0. The van der Waals surface area contributed by atoms with Crippen LogP contribution < -0.4 is 0 Å². The first-order valence-electron chi connectivity index (χ1n) is 53.1. The molecule has 0 saturated heterocycles. The molecular weight excluding hydrogens is 1700 g/mol. The van der Waals surface area contributed by atoms with Gasteiger partial charge in [0.15, 0.2) is 0 Å². The van der Waals surface area contributed by atoms with E-state index in [1.807, 2.05) is 48.5 Å². The van der Waals surface area contributed by atoms with Crippen molar-refractivity contribution in [1.29, 1.82) is 0 Å². The van der Waals surface area contributed by atoms with E-state index in [1.54, 1.807) is 0 Å². The van der Waals surface area contributed by atoms with Crippen LogP contribution in [-0.4, -0.2) is 19.9 Å². The van der Waals surface area contributed by atoms with E-state index in [-0.39, 0.29) is 5.41 Å². The van der Waals surface area contributed by atoms with Crippen molar-refractivity contribution in [2.75, 3.05) is 0 Å². The molecule has 16 aromatic rings. The van der Waals surface area contributed by atoms with Crippen LogP contribution in [0.1, 0.15) is 342 Å². The third-order valence-corrected chi connectivity index (χ3v) is 26.6.